The van der Waals surface area contributed by atoms with E-state index in [1.165, 1.54) is 5.56 Å². The van der Waals surface area contributed by atoms with E-state index in [0.717, 1.165) is 24.1 Å². The van der Waals surface area contributed by atoms with Gasteiger partial charge in [-0.05, 0) is 49.1 Å². The molecule has 0 atom stereocenters. The van der Waals surface area contributed by atoms with Crippen molar-refractivity contribution >= 4 is 17.6 Å². The van der Waals surface area contributed by atoms with Gasteiger partial charge in [0.1, 0.15) is 0 Å². The van der Waals surface area contributed by atoms with E-state index >= 15 is 0 Å². The molecule has 2 rings (SSSR count). The fourth-order valence-corrected chi connectivity index (χ4v) is 2.06. The van der Waals surface area contributed by atoms with Gasteiger partial charge >= 0.3 is 11.9 Å². The van der Waals surface area contributed by atoms with Gasteiger partial charge in [0.15, 0.2) is 0 Å². The minimum atomic E-state index is -0.908. The molecule has 1 heterocycles. The molecule has 2 N–H and O–H groups in total. The second kappa shape index (κ2) is 8.53. The third-order valence-electron chi connectivity index (χ3n) is 3.22. The van der Waals surface area contributed by atoms with E-state index in [2.05, 4.69) is 20.6 Å². The Balaban J connectivity index is 1.95. The maximum atomic E-state index is 11.5. The maximum Gasteiger partial charge on any atom is 0.398 e. The number of hydrogen-bond donors (Lipinski definition) is 2. The minimum absolute atomic E-state index is 0.161. The highest BCUT2D eigenvalue weighted by atomic mass is 16.5. The molecule has 6 heteroatoms. The molecule has 0 spiro atoms. The summed E-state index contributed by atoms with van der Waals surface area (Å²) in [5.41, 5.74) is 8.09. The van der Waals surface area contributed by atoms with Crippen LogP contribution in [0.25, 0.3) is 0 Å². The van der Waals surface area contributed by atoms with Crippen LogP contribution in [-0.2, 0) is 27.2 Å². The number of pyridine rings is 1. The summed E-state index contributed by atoms with van der Waals surface area (Å²) in [5, 5.41) is 0. The fraction of sp³-hybridized carbons (Fsp3) is 0.235. The van der Waals surface area contributed by atoms with Crippen LogP contribution in [0.2, 0.25) is 0 Å². The molecule has 0 fully saturated rings. The Morgan fingerprint density at radius 2 is 1.83 bits per heavy atom. The van der Waals surface area contributed by atoms with Crippen molar-refractivity contribution in [2.45, 2.75) is 19.8 Å². The highest BCUT2D eigenvalue weighted by molar-refractivity contribution is 6.32. The van der Waals surface area contributed by atoms with E-state index in [1.54, 1.807) is 19.3 Å². The summed E-state index contributed by atoms with van der Waals surface area (Å²) >= 11 is 0. The van der Waals surface area contributed by atoms with Crippen molar-refractivity contribution in [1.82, 2.24) is 10.4 Å². The summed E-state index contributed by atoms with van der Waals surface area (Å²) in [6, 6.07) is 11.5. The van der Waals surface area contributed by atoms with Gasteiger partial charge in [0.2, 0.25) is 0 Å². The first-order valence-corrected chi connectivity index (χ1v) is 7.40. The molecule has 1 amide bonds. The second-order valence-corrected chi connectivity index (χ2v) is 4.81. The summed E-state index contributed by atoms with van der Waals surface area (Å²) in [5.74, 6) is -1.73. The first-order valence-electron chi connectivity index (χ1n) is 7.40. The molecule has 23 heavy (non-hydrogen) atoms. The van der Waals surface area contributed by atoms with Gasteiger partial charge in [-0.3, -0.25) is 20.6 Å². The number of aryl methyl sites for hydroxylation is 2. The maximum absolute atomic E-state index is 11.5. The van der Waals surface area contributed by atoms with Crippen molar-refractivity contribution in [3.05, 3.63) is 59.9 Å². The SMILES string of the molecule is CCOC(=O)C(=O)NNc1ccccc1CCc1ccncc1. The summed E-state index contributed by atoms with van der Waals surface area (Å²) in [4.78, 5) is 26.8. The van der Waals surface area contributed by atoms with Gasteiger partial charge < -0.3 is 4.74 Å². The molecule has 120 valence electrons. The van der Waals surface area contributed by atoms with Crippen LogP contribution in [-0.4, -0.2) is 23.5 Å². The zero-order valence-electron chi connectivity index (χ0n) is 12.9. The average Bonchev–Trinajstić information content (AvgIpc) is 2.59. The van der Waals surface area contributed by atoms with Gasteiger partial charge in [-0.2, -0.15) is 0 Å². The van der Waals surface area contributed by atoms with Crippen LogP contribution in [0.15, 0.2) is 48.8 Å². The number of ether oxygens (including phenoxy) is 1. The van der Waals surface area contributed by atoms with Gasteiger partial charge in [-0.25, -0.2) is 4.79 Å². The van der Waals surface area contributed by atoms with E-state index in [9.17, 15) is 9.59 Å². The van der Waals surface area contributed by atoms with E-state index in [4.69, 9.17) is 0 Å². The van der Waals surface area contributed by atoms with Gasteiger partial charge in [0.25, 0.3) is 0 Å². The van der Waals surface area contributed by atoms with Crippen molar-refractivity contribution < 1.29 is 14.3 Å². The molecular weight excluding hydrogens is 294 g/mol. The van der Waals surface area contributed by atoms with Gasteiger partial charge in [-0.1, -0.05) is 18.2 Å². The topological polar surface area (TPSA) is 80.3 Å². The number of carbonyl (C=O) groups excluding carboxylic acids is 2. The molecule has 1 aromatic heterocycles. The predicted molar refractivity (Wildman–Crippen MR) is 86.5 cm³/mol. The third kappa shape index (κ3) is 5.10. The number of carbonyl (C=O) groups is 2. The van der Waals surface area contributed by atoms with Crippen LogP contribution >= 0.6 is 0 Å². The lowest BCUT2D eigenvalue weighted by atomic mass is 10.0. The van der Waals surface area contributed by atoms with E-state index in [-0.39, 0.29) is 6.61 Å². The summed E-state index contributed by atoms with van der Waals surface area (Å²) in [7, 11) is 0. The van der Waals surface area contributed by atoms with Crippen LogP contribution in [0, 0.1) is 0 Å². The molecule has 2 aromatic rings. The highest BCUT2D eigenvalue weighted by Crippen LogP contribution is 2.16. The molecule has 0 aliphatic rings. The number of hydrogen-bond acceptors (Lipinski definition) is 5. The molecule has 0 saturated carbocycles. The summed E-state index contributed by atoms with van der Waals surface area (Å²) < 4.78 is 4.63. The molecule has 0 bridgehead atoms. The smallest absolute Gasteiger partial charge is 0.398 e. The molecule has 0 aliphatic heterocycles. The number of amides is 1. The Kier molecular flexibility index (Phi) is 6.11. The van der Waals surface area contributed by atoms with Crippen LogP contribution in [0.4, 0.5) is 5.69 Å². The minimum Gasteiger partial charge on any atom is -0.459 e. The number of benzene rings is 1. The lowest BCUT2D eigenvalue weighted by molar-refractivity contribution is -0.154. The van der Waals surface area contributed by atoms with Gasteiger partial charge in [0.05, 0.1) is 12.3 Å². The molecular formula is C17H19N3O3. The Hall–Kier alpha value is -2.89. The number of nitrogens with one attached hydrogen (secondary N) is 2. The quantitative estimate of drug-likeness (QED) is 0.483. The van der Waals surface area contributed by atoms with Crippen molar-refractivity contribution in [1.29, 1.82) is 0 Å². The number of anilines is 1. The monoisotopic (exact) mass is 313 g/mol. The van der Waals surface area contributed by atoms with Crippen molar-refractivity contribution in [2.75, 3.05) is 12.0 Å². The Morgan fingerprint density at radius 3 is 2.57 bits per heavy atom. The molecule has 0 radical (unpaired) electrons. The lowest BCUT2D eigenvalue weighted by Crippen LogP contribution is -2.36. The Morgan fingerprint density at radius 1 is 1.09 bits per heavy atom. The molecule has 1 aromatic carbocycles. The van der Waals surface area contributed by atoms with Crippen LogP contribution in [0.5, 0.6) is 0 Å². The number of nitrogens with zero attached hydrogens (tertiary/aromatic N) is 1. The van der Waals surface area contributed by atoms with Gasteiger partial charge in [-0.15, -0.1) is 0 Å². The largest absolute Gasteiger partial charge is 0.459 e. The first kappa shape index (κ1) is 16.5. The Labute approximate surface area is 134 Å². The number of esters is 1. The van der Waals surface area contributed by atoms with Crippen molar-refractivity contribution in [3.63, 3.8) is 0 Å². The fourth-order valence-electron chi connectivity index (χ4n) is 2.06. The van der Waals surface area contributed by atoms with Crippen molar-refractivity contribution in [3.8, 4) is 0 Å². The van der Waals surface area contributed by atoms with E-state index in [1.807, 2.05) is 36.4 Å². The van der Waals surface area contributed by atoms with Gasteiger partial charge in [0, 0.05) is 12.4 Å². The van der Waals surface area contributed by atoms with Crippen LogP contribution < -0.4 is 10.9 Å². The molecule has 0 saturated heterocycles. The number of rotatable bonds is 6. The van der Waals surface area contributed by atoms with Crippen molar-refractivity contribution in [2.24, 2.45) is 0 Å². The van der Waals surface area contributed by atoms with E-state index < -0.39 is 11.9 Å². The standard InChI is InChI=1S/C17H19N3O3/c1-2-23-17(22)16(21)20-19-15-6-4-3-5-14(15)8-7-13-9-11-18-12-10-13/h3-6,9-12,19H,2,7-8H2,1H3,(H,20,21). The zero-order chi connectivity index (χ0) is 16.5. The molecule has 0 aliphatic carbocycles. The third-order valence-corrected chi connectivity index (χ3v) is 3.22. The first-order chi connectivity index (χ1) is 11.2. The highest BCUT2D eigenvalue weighted by Gasteiger charge is 2.14. The summed E-state index contributed by atoms with van der Waals surface area (Å²) in [6.07, 6.45) is 5.17. The van der Waals surface area contributed by atoms with Crippen LogP contribution in [0.1, 0.15) is 18.1 Å². The van der Waals surface area contributed by atoms with E-state index in [0.29, 0.717) is 0 Å². The average molecular weight is 313 g/mol. The Bertz CT molecular complexity index is 659. The molecule has 6 nitrogen and oxygen atoms in total. The second-order valence-electron chi connectivity index (χ2n) is 4.81. The molecule has 0 unspecified atom stereocenters. The number of aromatic nitrogens is 1. The number of para-hydroxylation sites is 1. The predicted octanol–water partition coefficient (Wildman–Crippen LogP) is 1.87. The summed E-state index contributed by atoms with van der Waals surface area (Å²) in [6.45, 7) is 1.81. The van der Waals surface area contributed by atoms with Crippen LogP contribution in [0.3, 0.4) is 0 Å². The normalized spacial score (nSPS) is 9.96. The number of hydrazine groups is 1. The zero-order valence-corrected chi connectivity index (χ0v) is 12.9. The lowest BCUT2D eigenvalue weighted by Gasteiger charge is -2.12.